The molecule has 6 heteroatoms. The third-order valence-corrected chi connectivity index (χ3v) is 5.32. The highest BCUT2D eigenvalue weighted by Gasteiger charge is 2.51. The lowest BCUT2D eigenvalue weighted by atomic mass is 9.82. The van der Waals surface area contributed by atoms with Crippen molar-refractivity contribution in [3.8, 4) is 0 Å². The minimum Gasteiger partial charge on any atom is -0.481 e. The zero-order chi connectivity index (χ0) is 16.8. The summed E-state index contributed by atoms with van der Waals surface area (Å²) in [6, 6.07) is 5.37. The Morgan fingerprint density at radius 1 is 1.12 bits per heavy atom. The number of allylic oxidation sites excluding steroid dienone is 2. The van der Waals surface area contributed by atoms with Crippen LogP contribution in [0.5, 0.6) is 0 Å². The number of rotatable bonds is 3. The molecule has 1 aliphatic heterocycles. The van der Waals surface area contributed by atoms with Crippen molar-refractivity contribution in [2.24, 2.45) is 23.7 Å². The van der Waals surface area contributed by atoms with Gasteiger partial charge in [-0.2, -0.15) is 0 Å². The summed E-state index contributed by atoms with van der Waals surface area (Å²) in [5, 5.41) is 15.1. The molecule has 24 heavy (non-hydrogen) atoms. The molecule has 1 saturated carbocycles. The summed E-state index contributed by atoms with van der Waals surface area (Å²) in [5.74, 6) is -2.34. The maximum absolute atomic E-state index is 12.7. The maximum atomic E-state index is 12.7. The van der Waals surface area contributed by atoms with Gasteiger partial charge in [0.05, 0.1) is 11.8 Å². The number of nitrogens with one attached hydrogen (secondary N) is 2. The van der Waals surface area contributed by atoms with E-state index in [9.17, 15) is 19.5 Å². The van der Waals surface area contributed by atoms with Gasteiger partial charge in [-0.15, -0.1) is 0 Å². The number of benzene rings is 1. The number of hydrogen-bond acceptors (Lipinski definition) is 3. The second kappa shape index (κ2) is 5.47. The fraction of sp³-hybridized carbons (Fsp3) is 0.389. The number of hydrogen-bond donors (Lipinski definition) is 3. The van der Waals surface area contributed by atoms with Crippen LogP contribution in [0.15, 0.2) is 30.4 Å². The molecule has 0 spiro atoms. The van der Waals surface area contributed by atoms with E-state index in [-0.39, 0.29) is 23.7 Å². The molecule has 4 atom stereocenters. The summed E-state index contributed by atoms with van der Waals surface area (Å²) in [6.45, 7) is 0. The zero-order valence-electron chi connectivity index (χ0n) is 13.0. The average Bonchev–Trinajstić information content (AvgIpc) is 3.16. The number of carbonyl (C=O) groups is 3. The second-order valence-corrected chi connectivity index (χ2v) is 6.75. The Morgan fingerprint density at radius 3 is 2.62 bits per heavy atom. The van der Waals surface area contributed by atoms with E-state index in [4.69, 9.17) is 0 Å². The van der Waals surface area contributed by atoms with Crippen molar-refractivity contribution < 1.29 is 19.5 Å². The molecule has 0 aromatic heterocycles. The van der Waals surface area contributed by atoms with Crippen LogP contribution in [0.1, 0.15) is 18.4 Å². The molecular formula is C18H18N2O4. The van der Waals surface area contributed by atoms with Crippen LogP contribution in [0.3, 0.4) is 0 Å². The molecule has 0 radical (unpaired) electrons. The van der Waals surface area contributed by atoms with E-state index in [0.717, 1.165) is 17.7 Å². The van der Waals surface area contributed by atoms with Crippen LogP contribution in [0.2, 0.25) is 0 Å². The molecule has 1 fully saturated rings. The number of fused-ring (bicyclic) bond motifs is 3. The van der Waals surface area contributed by atoms with E-state index in [1.807, 2.05) is 18.2 Å². The highest BCUT2D eigenvalue weighted by Crippen LogP contribution is 2.48. The summed E-state index contributed by atoms with van der Waals surface area (Å²) in [6.07, 6.45) is 5.71. The van der Waals surface area contributed by atoms with Gasteiger partial charge >= 0.3 is 5.97 Å². The number of carboxylic acids is 1. The van der Waals surface area contributed by atoms with Crippen LogP contribution in [0.4, 0.5) is 11.4 Å². The number of amides is 2. The van der Waals surface area contributed by atoms with Gasteiger partial charge in [0.1, 0.15) is 0 Å². The van der Waals surface area contributed by atoms with Crippen molar-refractivity contribution >= 4 is 29.2 Å². The van der Waals surface area contributed by atoms with E-state index in [0.29, 0.717) is 18.5 Å². The standard InChI is InChI=1S/C18H18N2O4/c21-14-6-3-9-8-12(4-5-13(9)20-14)19-17(22)15-10-1-2-11(7-10)16(15)18(23)24/h1-2,4-5,8,10-11,15-16H,3,6-7H2,(H,19,22)(H,20,21)(H,23,24). The normalized spacial score (nSPS) is 29.9. The molecule has 0 saturated heterocycles. The van der Waals surface area contributed by atoms with Crippen molar-refractivity contribution in [1.82, 2.24) is 0 Å². The zero-order valence-corrected chi connectivity index (χ0v) is 13.0. The minimum atomic E-state index is -0.903. The van der Waals surface area contributed by atoms with Crippen molar-refractivity contribution in [3.05, 3.63) is 35.9 Å². The van der Waals surface area contributed by atoms with E-state index in [1.54, 1.807) is 12.1 Å². The molecule has 2 bridgehead atoms. The van der Waals surface area contributed by atoms with Gasteiger partial charge in [-0.3, -0.25) is 14.4 Å². The van der Waals surface area contributed by atoms with Gasteiger partial charge in [-0.1, -0.05) is 12.2 Å². The second-order valence-electron chi connectivity index (χ2n) is 6.75. The molecule has 6 nitrogen and oxygen atoms in total. The number of anilines is 2. The van der Waals surface area contributed by atoms with Crippen LogP contribution >= 0.6 is 0 Å². The first-order chi connectivity index (χ1) is 11.5. The molecule has 3 N–H and O–H groups in total. The Kier molecular flexibility index (Phi) is 3.40. The number of carboxylic acid groups (broad SMARTS) is 1. The topological polar surface area (TPSA) is 95.5 Å². The van der Waals surface area contributed by atoms with E-state index in [2.05, 4.69) is 10.6 Å². The highest BCUT2D eigenvalue weighted by atomic mass is 16.4. The SMILES string of the molecule is O=C1CCc2cc(NC(=O)C3C4C=CC(C4)C3C(=O)O)ccc2N1. The van der Waals surface area contributed by atoms with Crippen LogP contribution in [-0.2, 0) is 20.8 Å². The summed E-state index contributed by atoms with van der Waals surface area (Å²) in [7, 11) is 0. The van der Waals surface area contributed by atoms with Gasteiger partial charge in [0, 0.05) is 17.8 Å². The predicted octanol–water partition coefficient (Wildman–Crippen LogP) is 2.03. The first kappa shape index (κ1) is 14.9. The number of aliphatic carboxylic acids is 1. The van der Waals surface area contributed by atoms with Crippen molar-refractivity contribution in [1.29, 1.82) is 0 Å². The largest absolute Gasteiger partial charge is 0.481 e. The van der Waals surface area contributed by atoms with Crippen molar-refractivity contribution in [3.63, 3.8) is 0 Å². The lowest BCUT2D eigenvalue weighted by Crippen LogP contribution is -2.36. The van der Waals surface area contributed by atoms with Gasteiger partial charge < -0.3 is 15.7 Å². The molecule has 2 aliphatic carbocycles. The van der Waals surface area contributed by atoms with Crippen LogP contribution in [0, 0.1) is 23.7 Å². The van der Waals surface area contributed by atoms with Crippen LogP contribution in [-0.4, -0.2) is 22.9 Å². The molecule has 4 rings (SSSR count). The molecular weight excluding hydrogens is 308 g/mol. The fourth-order valence-corrected chi connectivity index (χ4v) is 4.20. The summed E-state index contributed by atoms with van der Waals surface area (Å²) in [5.41, 5.74) is 2.40. The molecule has 124 valence electrons. The molecule has 1 aromatic carbocycles. The van der Waals surface area contributed by atoms with Crippen LogP contribution < -0.4 is 10.6 Å². The lowest BCUT2D eigenvalue weighted by molar-refractivity contribution is -0.146. The quantitative estimate of drug-likeness (QED) is 0.741. The minimum absolute atomic E-state index is 0.00245. The number of carbonyl (C=O) groups excluding carboxylic acids is 2. The third-order valence-electron chi connectivity index (χ3n) is 5.32. The Balaban J connectivity index is 1.53. The van der Waals surface area contributed by atoms with Gasteiger partial charge in [0.2, 0.25) is 11.8 Å². The van der Waals surface area contributed by atoms with Crippen molar-refractivity contribution in [2.75, 3.05) is 10.6 Å². The van der Waals surface area contributed by atoms with Gasteiger partial charge in [-0.05, 0) is 48.4 Å². The molecule has 1 aromatic rings. The van der Waals surface area contributed by atoms with Gasteiger partial charge in [0.25, 0.3) is 0 Å². The smallest absolute Gasteiger partial charge is 0.307 e. The molecule has 4 unspecified atom stereocenters. The van der Waals surface area contributed by atoms with Gasteiger partial charge in [0.15, 0.2) is 0 Å². The van der Waals surface area contributed by atoms with E-state index < -0.39 is 17.8 Å². The lowest BCUT2D eigenvalue weighted by Gasteiger charge is -2.24. The van der Waals surface area contributed by atoms with Crippen molar-refractivity contribution in [2.45, 2.75) is 19.3 Å². The fourth-order valence-electron chi connectivity index (χ4n) is 4.20. The third kappa shape index (κ3) is 2.38. The van der Waals surface area contributed by atoms with E-state index >= 15 is 0 Å². The summed E-state index contributed by atoms with van der Waals surface area (Å²) < 4.78 is 0. The summed E-state index contributed by atoms with van der Waals surface area (Å²) in [4.78, 5) is 35.6. The summed E-state index contributed by atoms with van der Waals surface area (Å²) >= 11 is 0. The Labute approximate surface area is 138 Å². The Hall–Kier alpha value is -2.63. The Morgan fingerprint density at radius 2 is 1.88 bits per heavy atom. The first-order valence-corrected chi connectivity index (χ1v) is 8.17. The maximum Gasteiger partial charge on any atom is 0.307 e. The monoisotopic (exact) mass is 326 g/mol. The number of aryl methyl sites for hydroxylation is 1. The average molecular weight is 326 g/mol. The van der Waals surface area contributed by atoms with Gasteiger partial charge in [-0.25, -0.2) is 0 Å². The highest BCUT2D eigenvalue weighted by molar-refractivity contribution is 5.98. The van der Waals surface area contributed by atoms with E-state index in [1.165, 1.54) is 0 Å². The molecule has 3 aliphatic rings. The molecule has 2 amide bonds. The van der Waals surface area contributed by atoms with Crippen LogP contribution in [0.25, 0.3) is 0 Å². The Bertz CT molecular complexity index is 770. The predicted molar refractivity (Wildman–Crippen MR) is 87.4 cm³/mol. The first-order valence-electron chi connectivity index (χ1n) is 8.17. The molecule has 1 heterocycles.